The van der Waals surface area contributed by atoms with Crippen molar-refractivity contribution in [3.05, 3.63) is 171 Å². The molecule has 3 aliphatic rings. The van der Waals surface area contributed by atoms with Crippen LogP contribution in [0.25, 0.3) is 11.1 Å². The molecule has 10 heteroatoms. The molecule has 0 N–H and O–H groups in total. The third-order valence-electron chi connectivity index (χ3n) is 10.6. The van der Waals surface area contributed by atoms with Gasteiger partial charge in [0.15, 0.2) is 5.60 Å². The molecule has 3 aliphatic heterocycles. The Morgan fingerprint density at radius 2 is 1.06 bits per heavy atom. The number of hydrogen-bond donors (Lipinski definition) is 0. The van der Waals surface area contributed by atoms with E-state index in [0.29, 0.717) is 5.56 Å². The first-order valence-electron chi connectivity index (χ1n) is 17.7. The second-order valence-electron chi connectivity index (χ2n) is 14.1. The summed E-state index contributed by atoms with van der Waals surface area (Å²) in [5.74, 6) is -0.646. The van der Waals surface area contributed by atoms with E-state index in [1.54, 1.807) is 0 Å². The number of esters is 1. The molecule has 3 heterocycles. The Morgan fingerprint density at radius 1 is 0.630 bits per heavy atom. The largest absolute Gasteiger partial charge is 0.442 e. The molecular formula is C44H34Br2Cl4N2O2. The normalized spacial score (nSPS) is 18.3. The van der Waals surface area contributed by atoms with Crippen LogP contribution in [0.3, 0.4) is 0 Å². The first kappa shape index (κ1) is 37.7. The van der Waals surface area contributed by atoms with Gasteiger partial charge in [0.1, 0.15) is 0 Å². The maximum Gasteiger partial charge on any atom is 0.341 e. The fraction of sp³-hybridized carbons (Fsp3) is 0.205. The number of cyclic esters (lactones) is 1. The monoisotopic (exact) mass is 920 g/mol. The highest BCUT2D eigenvalue weighted by Crippen LogP contribution is 2.54. The highest BCUT2D eigenvalue weighted by Gasteiger charge is 2.48. The smallest absolute Gasteiger partial charge is 0.341 e. The van der Waals surface area contributed by atoms with E-state index in [0.717, 1.165) is 81.1 Å². The van der Waals surface area contributed by atoms with Gasteiger partial charge in [-0.2, -0.15) is 0 Å². The Labute approximate surface area is 352 Å². The van der Waals surface area contributed by atoms with E-state index < -0.39 is 11.6 Å². The molecule has 0 aromatic heterocycles. The number of hydrogen-bond acceptors (Lipinski definition) is 4. The van der Waals surface area contributed by atoms with Crippen LogP contribution < -0.4 is 9.80 Å². The molecule has 0 saturated heterocycles. The number of aryl methyl sites for hydroxylation is 2. The molecule has 54 heavy (non-hydrogen) atoms. The lowest BCUT2D eigenvalue weighted by atomic mass is 9.82. The van der Waals surface area contributed by atoms with Crippen molar-refractivity contribution in [3.63, 3.8) is 0 Å². The molecule has 4 nitrogen and oxygen atoms in total. The number of halogens is 6. The lowest BCUT2D eigenvalue weighted by molar-refractivity contribution is 0.0300. The summed E-state index contributed by atoms with van der Waals surface area (Å²) in [4.78, 5) is 18.8. The molecule has 0 amide bonds. The van der Waals surface area contributed by atoms with Crippen LogP contribution in [0, 0.1) is 0 Å². The van der Waals surface area contributed by atoms with Crippen molar-refractivity contribution in [3.8, 4) is 0 Å². The molecule has 274 valence electrons. The van der Waals surface area contributed by atoms with Crippen LogP contribution in [0.1, 0.15) is 62.1 Å². The summed E-state index contributed by atoms with van der Waals surface area (Å²) in [7, 11) is 4.25. The van der Waals surface area contributed by atoms with Crippen LogP contribution in [-0.4, -0.2) is 33.2 Å². The van der Waals surface area contributed by atoms with Crippen LogP contribution in [0.5, 0.6) is 0 Å². The van der Waals surface area contributed by atoms with Gasteiger partial charge < -0.3 is 14.5 Å². The first-order chi connectivity index (χ1) is 25.9. The fourth-order valence-electron chi connectivity index (χ4n) is 7.95. The zero-order chi connectivity index (χ0) is 37.9. The fourth-order valence-corrected chi connectivity index (χ4v) is 9.56. The van der Waals surface area contributed by atoms with Crippen molar-refractivity contribution in [1.29, 1.82) is 0 Å². The Bertz CT molecular complexity index is 2270. The summed E-state index contributed by atoms with van der Waals surface area (Å²) in [6.45, 7) is 2.01. The van der Waals surface area contributed by atoms with E-state index in [-0.39, 0.29) is 25.7 Å². The van der Waals surface area contributed by atoms with Crippen molar-refractivity contribution in [2.45, 2.75) is 31.3 Å². The summed E-state index contributed by atoms with van der Waals surface area (Å²) in [5, 5.41) is 0.153. The Balaban J connectivity index is 1.47. The minimum atomic E-state index is -1.58. The Kier molecular flexibility index (Phi) is 10.5. The van der Waals surface area contributed by atoms with Crippen molar-refractivity contribution in [2.24, 2.45) is 0 Å². The second kappa shape index (κ2) is 15.0. The Morgan fingerprint density at radius 3 is 1.52 bits per heavy atom. The minimum Gasteiger partial charge on any atom is -0.442 e. The van der Waals surface area contributed by atoms with Gasteiger partial charge in [-0.3, -0.25) is 0 Å². The van der Waals surface area contributed by atoms with Gasteiger partial charge in [0, 0.05) is 53.1 Å². The van der Waals surface area contributed by atoms with Gasteiger partial charge in [-0.05, 0) is 131 Å². The SMILES string of the molecule is CN1CCCc2cc(C(=CC3(C=C(c4ccc(Br)cc4)c4ccc5c(c4)CCCN5C)OC(=O)c4c(Cl)c(Cl)c(Cl)c(Cl)c43)c3ccc(Br)cc3)ccc21. The molecule has 8 rings (SSSR count). The molecule has 0 radical (unpaired) electrons. The molecule has 0 aliphatic carbocycles. The van der Waals surface area contributed by atoms with Crippen molar-refractivity contribution < 1.29 is 9.53 Å². The molecule has 0 unspecified atom stereocenters. The highest BCUT2D eigenvalue weighted by atomic mass is 79.9. The molecule has 5 aromatic rings. The van der Waals surface area contributed by atoms with E-state index in [2.05, 4.69) is 116 Å². The van der Waals surface area contributed by atoms with E-state index in [4.69, 9.17) is 51.1 Å². The molecule has 5 aromatic carbocycles. The standard InChI is InChI=1S/C44H34Br2Cl4N2O2/c1-51-19-3-5-29-21-27(11-17-35(29)51)33(25-7-13-31(45)14-8-25)23-44(38-37(43(53)54-44)39(47)41(49)42(50)40(38)48)24-34(26-9-15-32(46)16-10-26)28-12-18-36-30(22-28)6-4-20-52(36)2/h7-18,21-24H,3-6,19-20H2,1-2H3. The van der Waals surface area contributed by atoms with Crippen LogP contribution in [0.15, 0.2) is 106 Å². The van der Waals surface area contributed by atoms with Crippen LogP contribution in [0.4, 0.5) is 11.4 Å². The zero-order valence-electron chi connectivity index (χ0n) is 29.5. The lowest BCUT2D eigenvalue weighted by Gasteiger charge is -2.30. The number of carbonyl (C=O) groups excluding carboxylic acids is 1. The van der Waals surface area contributed by atoms with Gasteiger partial charge in [0.2, 0.25) is 0 Å². The van der Waals surface area contributed by atoms with Gasteiger partial charge in [0.25, 0.3) is 0 Å². The van der Waals surface area contributed by atoms with Crippen LogP contribution in [-0.2, 0) is 23.2 Å². The summed E-state index contributed by atoms with van der Waals surface area (Å²) >= 11 is 34.7. The average molecular weight is 924 g/mol. The number of rotatable bonds is 6. The van der Waals surface area contributed by atoms with Crippen LogP contribution in [0.2, 0.25) is 20.1 Å². The van der Waals surface area contributed by atoms with Crippen molar-refractivity contribution >= 4 is 107 Å². The van der Waals surface area contributed by atoms with Crippen molar-refractivity contribution in [2.75, 3.05) is 37.0 Å². The summed E-state index contributed by atoms with van der Waals surface area (Å²) < 4.78 is 8.51. The first-order valence-corrected chi connectivity index (χ1v) is 20.8. The molecule has 0 saturated carbocycles. The molecular weight excluding hydrogens is 890 g/mol. The van der Waals surface area contributed by atoms with E-state index in [1.165, 1.54) is 22.5 Å². The zero-order valence-corrected chi connectivity index (χ0v) is 35.7. The third kappa shape index (κ3) is 6.82. The quantitative estimate of drug-likeness (QED) is 0.0965. The number of carbonyl (C=O) groups is 1. The predicted molar refractivity (Wildman–Crippen MR) is 232 cm³/mol. The number of ether oxygens (including phenoxy) is 1. The molecule has 0 bridgehead atoms. The number of benzene rings is 5. The predicted octanol–water partition coefficient (Wildman–Crippen LogP) is 13.2. The van der Waals surface area contributed by atoms with Crippen LogP contribution >= 0.6 is 78.3 Å². The summed E-state index contributed by atoms with van der Waals surface area (Å²) in [6.07, 6.45) is 8.02. The third-order valence-corrected chi connectivity index (χ3v) is 13.5. The van der Waals surface area contributed by atoms with E-state index in [1.807, 2.05) is 36.4 Å². The number of nitrogens with zero attached hydrogens (tertiary/aromatic N) is 2. The molecule has 0 atom stereocenters. The van der Waals surface area contributed by atoms with Gasteiger partial charge in [-0.15, -0.1) is 0 Å². The lowest BCUT2D eigenvalue weighted by Crippen LogP contribution is -2.25. The van der Waals surface area contributed by atoms with Gasteiger partial charge in [-0.1, -0.05) is 115 Å². The summed E-state index contributed by atoms with van der Waals surface area (Å²) in [6, 6.07) is 29.3. The van der Waals surface area contributed by atoms with E-state index in [9.17, 15) is 4.79 Å². The van der Waals surface area contributed by atoms with E-state index >= 15 is 0 Å². The molecule has 0 spiro atoms. The minimum absolute atomic E-state index is 0.00115. The maximum atomic E-state index is 14.2. The van der Waals surface area contributed by atoms with Crippen molar-refractivity contribution in [1.82, 2.24) is 0 Å². The number of anilines is 2. The second-order valence-corrected chi connectivity index (χ2v) is 17.4. The van der Waals surface area contributed by atoms with Gasteiger partial charge in [-0.25, -0.2) is 4.79 Å². The summed E-state index contributed by atoms with van der Waals surface area (Å²) in [5.41, 5.74) is 9.23. The topological polar surface area (TPSA) is 32.8 Å². The average Bonchev–Trinajstić information content (AvgIpc) is 3.46. The molecule has 0 fully saturated rings. The maximum absolute atomic E-state index is 14.2. The highest BCUT2D eigenvalue weighted by molar-refractivity contribution is 9.10. The van der Waals surface area contributed by atoms with Gasteiger partial charge >= 0.3 is 5.97 Å². The number of fused-ring (bicyclic) bond motifs is 3. The Hall–Kier alpha value is -3.23. The van der Waals surface area contributed by atoms with Gasteiger partial charge in [0.05, 0.1) is 25.7 Å².